The average Bonchev–Trinajstić information content (AvgIpc) is 2.84. The molecule has 1 aromatic carbocycles. The highest BCUT2D eigenvalue weighted by atomic mass is 16.2. The van der Waals surface area contributed by atoms with E-state index in [9.17, 15) is 9.59 Å². The summed E-state index contributed by atoms with van der Waals surface area (Å²) in [6.45, 7) is 2.10. The van der Waals surface area contributed by atoms with Gasteiger partial charge in [0.05, 0.1) is 0 Å². The van der Waals surface area contributed by atoms with Gasteiger partial charge in [0.15, 0.2) is 0 Å². The summed E-state index contributed by atoms with van der Waals surface area (Å²) in [7, 11) is 0. The molecule has 0 aromatic heterocycles. The van der Waals surface area contributed by atoms with Crippen LogP contribution in [0.4, 0.5) is 0 Å². The quantitative estimate of drug-likeness (QED) is 0.632. The van der Waals surface area contributed by atoms with Crippen molar-refractivity contribution in [3.63, 3.8) is 0 Å². The maximum absolute atomic E-state index is 11.9. The minimum atomic E-state index is -0.339. The molecule has 0 fully saturated rings. The molecule has 0 aliphatic heterocycles. The van der Waals surface area contributed by atoms with E-state index < -0.39 is 0 Å². The van der Waals surface area contributed by atoms with Crippen LogP contribution in [0.25, 0.3) is 11.6 Å². The topological polar surface area (TPSA) is 34.1 Å². The van der Waals surface area contributed by atoms with Crippen molar-refractivity contribution in [1.29, 1.82) is 0 Å². The van der Waals surface area contributed by atoms with Gasteiger partial charge in [-0.05, 0) is 23.1 Å². The lowest BCUT2D eigenvalue weighted by molar-refractivity contribution is -0.109. The maximum atomic E-state index is 11.9. The third kappa shape index (κ3) is 0.882. The fourth-order valence-electron chi connectivity index (χ4n) is 3.24. The molecule has 0 radical (unpaired) electrons. The number of allylic oxidation sites excluding steroid dienone is 3. The van der Waals surface area contributed by atoms with Gasteiger partial charge >= 0.3 is 0 Å². The summed E-state index contributed by atoms with van der Waals surface area (Å²) in [4.78, 5) is 23.8. The molecule has 3 aliphatic rings. The molecule has 0 spiro atoms. The van der Waals surface area contributed by atoms with Crippen molar-refractivity contribution >= 4 is 23.2 Å². The van der Waals surface area contributed by atoms with Crippen LogP contribution in [0.3, 0.4) is 0 Å². The lowest BCUT2D eigenvalue weighted by atomic mass is 9.78. The molecule has 1 aromatic rings. The Kier molecular flexibility index (Phi) is 1.42. The summed E-state index contributed by atoms with van der Waals surface area (Å²) in [6, 6.07) is 3.74. The number of ketones is 2. The Morgan fingerprint density at radius 1 is 1.12 bits per heavy atom. The molecular weight excluding hydrogens is 212 g/mol. The number of Topliss-reactive ketones (excluding diaryl/α,β-unsaturated/α-hetero) is 2. The van der Waals surface area contributed by atoms with Crippen LogP contribution in [0.15, 0.2) is 24.3 Å². The number of benzene rings is 1. The normalized spacial score (nSPS) is 27.5. The number of hydrogen-bond acceptors (Lipinski definition) is 2. The second kappa shape index (κ2) is 2.65. The number of carbonyl (C=O) groups excluding carboxylic acids is 2. The molecule has 0 N–H and O–H groups in total. The molecule has 3 aliphatic carbocycles. The first-order chi connectivity index (χ1) is 8.18. The fourth-order valence-corrected chi connectivity index (χ4v) is 3.24. The van der Waals surface area contributed by atoms with Gasteiger partial charge in [0, 0.05) is 22.6 Å². The Balaban J connectivity index is 2.17. The number of rotatable bonds is 0. The van der Waals surface area contributed by atoms with Crippen molar-refractivity contribution in [3.8, 4) is 0 Å². The van der Waals surface area contributed by atoms with Crippen LogP contribution >= 0.6 is 0 Å². The number of hydrogen-bond donors (Lipinski definition) is 0. The third-order valence-electron chi connectivity index (χ3n) is 4.06. The smallest absolute Gasteiger partial charge is 0.234 e. The summed E-state index contributed by atoms with van der Waals surface area (Å²) < 4.78 is 0. The van der Waals surface area contributed by atoms with E-state index in [-0.39, 0.29) is 11.6 Å². The van der Waals surface area contributed by atoms with Crippen molar-refractivity contribution < 1.29 is 9.59 Å². The summed E-state index contributed by atoms with van der Waals surface area (Å²) >= 11 is 0. The van der Waals surface area contributed by atoms with Gasteiger partial charge in [-0.2, -0.15) is 0 Å². The van der Waals surface area contributed by atoms with Gasteiger partial charge in [0.25, 0.3) is 0 Å². The summed E-state index contributed by atoms with van der Waals surface area (Å²) in [5, 5.41) is 0. The molecule has 0 amide bonds. The van der Waals surface area contributed by atoms with Crippen LogP contribution in [0.2, 0.25) is 0 Å². The number of carbonyl (C=O) groups is 2. The van der Waals surface area contributed by atoms with Gasteiger partial charge < -0.3 is 0 Å². The Hall–Kier alpha value is -1.96. The largest absolute Gasteiger partial charge is 0.285 e. The van der Waals surface area contributed by atoms with Crippen LogP contribution in [0.5, 0.6) is 0 Å². The first-order valence-corrected chi connectivity index (χ1v) is 5.85. The maximum Gasteiger partial charge on any atom is 0.234 e. The minimum absolute atomic E-state index is 0.292. The Morgan fingerprint density at radius 3 is 2.76 bits per heavy atom. The molecule has 0 saturated heterocycles. The first kappa shape index (κ1) is 9.11. The Morgan fingerprint density at radius 2 is 1.94 bits per heavy atom. The molecule has 2 heteroatoms. The highest BCUT2D eigenvalue weighted by molar-refractivity contribution is 6.63. The molecule has 2 unspecified atom stereocenters. The summed E-state index contributed by atoms with van der Waals surface area (Å²) in [5.74, 6) is -0.0399. The van der Waals surface area contributed by atoms with Crippen LogP contribution < -0.4 is 0 Å². The van der Waals surface area contributed by atoms with Gasteiger partial charge in [-0.3, -0.25) is 9.59 Å². The highest BCUT2D eigenvalue weighted by Gasteiger charge is 2.42. The monoisotopic (exact) mass is 222 g/mol. The lowest BCUT2D eigenvalue weighted by Gasteiger charge is -2.24. The zero-order valence-corrected chi connectivity index (χ0v) is 9.36. The molecule has 4 rings (SSSR count). The lowest BCUT2D eigenvalue weighted by Crippen LogP contribution is -2.13. The van der Waals surface area contributed by atoms with E-state index >= 15 is 0 Å². The standard InChI is InChI=1S/C15H10O2/c1-7-6-11-13-10(14(16)15(11)17)5-3-8-2-4-9(7)12(8)13/h2-7,9H,1H3. The Labute approximate surface area is 98.6 Å². The first-order valence-electron chi connectivity index (χ1n) is 5.85. The van der Waals surface area contributed by atoms with Gasteiger partial charge in [0.1, 0.15) is 0 Å². The van der Waals surface area contributed by atoms with Crippen molar-refractivity contribution in [2.75, 3.05) is 0 Å². The second-order valence-corrected chi connectivity index (χ2v) is 4.97. The van der Waals surface area contributed by atoms with Gasteiger partial charge in [0.2, 0.25) is 11.6 Å². The molecular formula is C15H10O2. The summed E-state index contributed by atoms with van der Waals surface area (Å²) in [5.41, 5.74) is 4.49. The van der Waals surface area contributed by atoms with Crippen molar-refractivity contribution in [2.45, 2.75) is 12.8 Å². The van der Waals surface area contributed by atoms with E-state index in [0.717, 1.165) is 11.1 Å². The van der Waals surface area contributed by atoms with E-state index in [1.165, 1.54) is 5.56 Å². The minimum Gasteiger partial charge on any atom is -0.285 e. The van der Waals surface area contributed by atoms with E-state index in [4.69, 9.17) is 0 Å². The molecule has 0 heterocycles. The zero-order valence-electron chi connectivity index (χ0n) is 9.36. The van der Waals surface area contributed by atoms with Gasteiger partial charge in [-0.1, -0.05) is 31.2 Å². The SMILES string of the molecule is CC1C=C2C(=O)C(=O)c3ccc4c(c32)C1C=C4. The van der Waals surface area contributed by atoms with E-state index in [1.807, 2.05) is 12.1 Å². The molecule has 17 heavy (non-hydrogen) atoms. The molecule has 2 nitrogen and oxygen atoms in total. The molecule has 2 atom stereocenters. The van der Waals surface area contributed by atoms with Gasteiger partial charge in [-0.15, -0.1) is 0 Å². The zero-order chi connectivity index (χ0) is 11.7. The second-order valence-electron chi connectivity index (χ2n) is 4.97. The molecule has 0 saturated carbocycles. The molecule has 82 valence electrons. The van der Waals surface area contributed by atoms with Crippen LogP contribution in [-0.4, -0.2) is 11.6 Å². The van der Waals surface area contributed by atoms with Crippen LogP contribution in [0.1, 0.15) is 39.9 Å². The van der Waals surface area contributed by atoms with Crippen LogP contribution in [0, 0.1) is 5.92 Å². The van der Waals surface area contributed by atoms with Crippen molar-refractivity contribution in [2.24, 2.45) is 5.92 Å². The Bertz CT molecular complexity index is 662. The van der Waals surface area contributed by atoms with Crippen molar-refractivity contribution in [3.05, 3.63) is 46.5 Å². The fraction of sp³-hybridized carbons (Fsp3) is 0.200. The summed E-state index contributed by atoms with van der Waals surface area (Å²) in [6.07, 6.45) is 6.24. The molecule has 0 bridgehead atoms. The van der Waals surface area contributed by atoms with Gasteiger partial charge in [-0.25, -0.2) is 0 Å². The predicted octanol–water partition coefficient (Wildman–Crippen LogP) is 2.60. The van der Waals surface area contributed by atoms with E-state index in [2.05, 4.69) is 19.1 Å². The predicted molar refractivity (Wildman–Crippen MR) is 64.7 cm³/mol. The highest BCUT2D eigenvalue weighted by Crippen LogP contribution is 2.48. The average molecular weight is 222 g/mol. The van der Waals surface area contributed by atoms with E-state index in [0.29, 0.717) is 23.0 Å². The van der Waals surface area contributed by atoms with Crippen molar-refractivity contribution in [1.82, 2.24) is 0 Å². The van der Waals surface area contributed by atoms with Crippen LogP contribution in [-0.2, 0) is 4.79 Å². The third-order valence-corrected chi connectivity index (χ3v) is 4.06. The van der Waals surface area contributed by atoms with E-state index in [1.54, 1.807) is 6.07 Å².